The first-order chi connectivity index (χ1) is 4.63. The zero-order chi connectivity index (χ0) is 7.98. The molecule has 0 unspecified atom stereocenters. The summed E-state index contributed by atoms with van der Waals surface area (Å²) in [6.07, 6.45) is 0.416. The van der Waals surface area contributed by atoms with Gasteiger partial charge in [0.2, 0.25) is 0 Å². The smallest absolute Gasteiger partial charge is 0.110 e. The average Bonchev–Trinajstić information content (AvgIpc) is 1.79. The number of hydrogen-bond donors (Lipinski definition) is 1. The molecule has 0 aromatic heterocycles. The Hall–Kier alpha value is -0.110. The van der Waals surface area contributed by atoms with Crippen molar-refractivity contribution in [1.29, 1.82) is 0 Å². The first-order valence-electron chi connectivity index (χ1n) is 3.97. The molecule has 0 heterocycles. The molecule has 1 atom stereocenters. The number of alkyl halides is 1. The quantitative estimate of drug-likeness (QED) is 0.591. The van der Waals surface area contributed by atoms with Gasteiger partial charge in [0, 0.05) is 7.97 Å². The summed E-state index contributed by atoms with van der Waals surface area (Å²) >= 11 is 0. The van der Waals surface area contributed by atoms with Gasteiger partial charge in [-0.3, -0.25) is 0 Å². The van der Waals surface area contributed by atoms with Crippen LogP contribution in [0, 0.1) is 5.92 Å². The molecule has 2 heteroatoms. The van der Waals surface area contributed by atoms with Gasteiger partial charge < -0.3 is 5.32 Å². The zero-order valence-electron chi connectivity index (χ0n) is 7.15. The van der Waals surface area contributed by atoms with Crippen molar-refractivity contribution in [3.05, 3.63) is 0 Å². The minimum absolute atomic E-state index is 0. The lowest BCUT2D eigenvalue weighted by Gasteiger charge is -2.06. The van der Waals surface area contributed by atoms with Gasteiger partial charge >= 0.3 is 0 Å². The maximum Gasteiger partial charge on any atom is 0.110 e. The number of hydrogen-bond acceptors (Lipinski definition) is 1. The Bertz CT molecular complexity index is 66.5. The van der Waals surface area contributed by atoms with Crippen LogP contribution in [0.15, 0.2) is 0 Å². The summed E-state index contributed by atoms with van der Waals surface area (Å²) in [5.74, 6) is 0.711. The SMILES string of the molecule is CC(C)CCNC[C@H](C)F.[HH]. The van der Waals surface area contributed by atoms with Crippen molar-refractivity contribution in [1.82, 2.24) is 5.32 Å². The van der Waals surface area contributed by atoms with Crippen molar-refractivity contribution in [2.45, 2.75) is 33.4 Å². The first kappa shape index (κ1) is 9.89. The van der Waals surface area contributed by atoms with Crippen LogP contribution in [0.5, 0.6) is 0 Å². The van der Waals surface area contributed by atoms with Crippen LogP contribution in [-0.4, -0.2) is 19.3 Å². The van der Waals surface area contributed by atoms with Gasteiger partial charge in [0.05, 0.1) is 0 Å². The van der Waals surface area contributed by atoms with E-state index in [-0.39, 0.29) is 1.43 Å². The molecule has 1 nitrogen and oxygen atoms in total. The summed E-state index contributed by atoms with van der Waals surface area (Å²) in [5, 5.41) is 3.04. The normalized spacial score (nSPS) is 14.1. The van der Waals surface area contributed by atoms with E-state index < -0.39 is 6.17 Å². The molecule has 0 aliphatic heterocycles. The van der Waals surface area contributed by atoms with Gasteiger partial charge in [0.25, 0.3) is 0 Å². The Morgan fingerprint density at radius 3 is 2.40 bits per heavy atom. The molecule has 0 aliphatic rings. The monoisotopic (exact) mass is 149 g/mol. The standard InChI is InChI=1S/C8H18FN.H2/c1-7(2)4-5-10-6-8(3)9;/h7-8,10H,4-6H2,1-3H3;1H/t8-;/m0./s1. The second-order valence-corrected chi connectivity index (χ2v) is 3.17. The lowest BCUT2D eigenvalue weighted by molar-refractivity contribution is 0.341. The van der Waals surface area contributed by atoms with Gasteiger partial charge in [0.15, 0.2) is 0 Å². The summed E-state index contributed by atoms with van der Waals surface area (Å²) in [6, 6.07) is 0. The van der Waals surface area contributed by atoms with Crippen LogP contribution in [0.1, 0.15) is 28.6 Å². The molecule has 1 N–H and O–H groups in total. The van der Waals surface area contributed by atoms with E-state index in [1.807, 2.05) is 0 Å². The molecule has 0 aliphatic carbocycles. The highest BCUT2D eigenvalue weighted by Gasteiger charge is 1.96. The molecule has 0 radical (unpaired) electrons. The van der Waals surface area contributed by atoms with Crippen LogP contribution in [-0.2, 0) is 0 Å². The van der Waals surface area contributed by atoms with Gasteiger partial charge in [-0.05, 0) is 25.8 Å². The summed E-state index contributed by atoms with van der Waals surface area (Å²) < 4.78 is 12.2. The van der Waals surface area contributed by atoms with E-state index in [9.17, 15) is 4.39 Å². The second kappa shape index (κ2) is 5.66. The largest absolute Gasteiger partial charge is 0.314 e. The molecule has 0 spiro atoms. The van der Waals surface area contributed by atoms with Crippen LogP contribution in [0.2, 0.25) is 0 Å². The predicted octanol–water partition coefficient (Wildman–Crippen LogP) is 2.23. The van der Waals surface area contributed by atoms with Crippen LogP contribution in [0.3, 0.4) is 0 Å². The van der Waals surface area contributed by atoms with Crippen molar-refractivity contribution >= 4 is 0 Å². The highest BCUT2D eigenvalue weighted by atomic mass is 19.1. The molecule has 0 rings (SSSR count). The van der Waals surface area contributed by atoms with Crippen LogP contribution >= 0.6 is 0 Å². The third-order valence-electron chi connectivity index (χ3n) is 1.32. The van der Waals surface area contributed by atoms with Gasteiger partial charge in [-0.2, -0.15) is 0 Å². The Kier molecular flexibility index (Phi) is 5.60. The van der Waals surface area contributed by atoms with Gasteiger partial charge in [0.1, 0.15) is 6.17 Å². The molecule has 0 saturated carbocycles. The summed E-state index contributed by atoms with van der Waals surface area (Å²) in [4.78, 5) is 0. The molecule has 0 amide bonds. The fraction of sp³-hybridized carbons (Fsp3) is 1.00. The molecule has 0 aromatic rings. The van der Waals surface area contributed by atoms with Gasteiger partial charge in [-0.15, -0.1) is 0 Å². The van der Waals surface area contributed by atoms with E-state index in [1.165, 1.54) is 0 Å². The summed E-state index contributed by atoms with van der Waals surface area (Å²) in [6.45, 7) is 7.34. The lowest BCUT2D eigenvalue weighted by atomic mass is 10.1. The van der Waals surface area contributed by atoms with E-state index in [0.717, 1.165) is 13.0 Å². The third kappa shape index (κ3) is 7.89. The summed E-state index contributed by atoms with van der Waals surface area (Å²) in [5.41, 5.74) is 0. The zero-order valence-corrected chi connectivity index (χ0v) is 7.15. The van der Waals surface area contributed by atoms with Crippen LogP contribution in [0.25, 0.3) is 0 Å². The van der Waals surface area contributed by atoms with E-state index in [4.69, 9.17) is 0 Å². The molecular formula is C8H20FN. The van der Waals surface area contributed by atoms with E-state index in [2.05, 4.69) is 19.2 Å². The van der Waals surface area contributed by atoms with Crippen LogP contribution in [0.4, 0.5) is 4.39 Å². The maximum atomic E-state index is 12.2. The van der Waals surface area contributed by atoms with Crippen molar-refractivity contribution in [2.75, 3.05) is 13.1 Å². The summed E-state index contributed by atoms with van der Waals surface area (Å²) in [7, 11) is 0. The number of nitrogens with one attached hydrogen (secondary N) is 1. The Balaban J connectivity index is 0. The van der Waals surface area contributed by atoms with Gasteiger partial charge in [-0.1, -0.05) is 13.8 Å². The van der Waals surface area contributed by atoms with Crippen molar-refractivity contribution in [3.8, 4) is 0 Å². The molecule has 0 fully saturated rings. The highest BCUT2D eigenvalue weighted by Crippen LogP contribution is 1.96. The molecule has 10 heavy (non-hydrogen) atoms. The number of halogens is 1. The topological polar surface area (TPSA) is 12.0 Å². The Morgan fingerprint density at radius 1 is 1.40 bits per heavy atom. The average molecular weight is 149 g/mol. The van der Waals surface area contributed by atoms with Crippen molar-refractivity contribution in [3.63, 3.8) is 0 Å². The molecule has 0 saturated heterocycles. The highest BCUT2D eigenvalue weighted by molar-refractivity contribution is 4.54. The lowest BCUT2D eigenvalue weighted by Crippen LogP contribution is -2.23. The van der Waals surface area contributed by atoms with E-state index in [1.54, 1.807) is 6.92 Å². The maximum absolute atomic E-state index is 12.2. The van der Waals surface area contributed by atoms with E-state index >= 15 is 0 Å². The molecule has 0 aromatic carbocycles. The fourth-order valence-corrected chi connectivity index (χ4v) is 0.692. The number of rotatable bonds is 5. The van der Waals surface area contributed by atoms with Crippen molar-refractivity contribution in [2.24, 2.45) is 5.92 Å². The van der Waals surface area contributed by atoms with Gasteiger partial charge in [-0.25, -0.2) is 4.39 Å². The fourth-order valence-electron chi connectivity index (χ4n) is 0.692. The van der Waals surface area contributed by atoms with Crippen molar-refractivity contribution < 1.29 is 5.82 Å². The van der Waals surface area contributed by atoms with E-state index in [0.29, 0.717) is 12.5 Å². The second-order valence-electron chi connectivity index (χ2n) is 3.17. The first-order valence-corrected chi connectivity index (χ1v) is 3.97. The Morgan fingerprint density at radius 2 is 2.00 bits per heavy atom. The molecule has 64 valence electrons. The predicted molar refractivity (Wildman–Crippen MR) is 45.0 cm³/mol. The molecule has 0 bridgehead atoms. The minimum atomic E-state index is -0.716. The third-order valence-corrected chi connectivity index (χ3v) is 1.32. The van der Waals surface area contributed by atoms with Crippen LogP contribution < -0.4 is 5.32 Å². The minimum Gasteiger partial charge on any atom is -0.314 e. The molecular weight excluding hydrogens is 129 g/mol. The Labute approximate surface area is 64.5 Å².